The van der Waals surface area contributed by atoms with Gasteiger partial charge in [0.15, 0.2) is 0 Å². The number of rotatable bonds is 5. The molecule has 0 saturated carbocycles. The number of ether oxygens (including phenoxy) is 2. The van der Waals surface area contributed by atoms with E-state index in [0.29, 0.717) is 39.4 Å². The highest BCUT2D eigenvalue weighted by Crippen LogP contribution is 2.19. The zero-order valence-corrected chi connectivity index (χ0v) is 14.2. The van der Waals surface area contributed by atoms with Crippen LogP contribution in [0.25, 0.3) is 6.08 Å². The van der Waals surface area contributed by atoms with E-state index in [1.54, 1.807) is 28.9 Å². The van der Waals surface area contributed by atoms with Crippen LogP contribution >= 0.6 is 0 Å². The second-order valence-electron chi connectivity index (χ2n) is 5.32. The maximum Gasteiger partial charge on any atom is 0.409 e. The molecule has 1 aromatic rings. The van der Waals surface area contributed by atoms with Crippen LogP contribution in [0, 0.1) is 0 Å². The smallest absolute Gasteiger partial charge is 0.409 e. The number of hydrogen-bond acceptors (Lipinski definition) is 4. The first-order chi connectivity index (χ1) is 11.7. The molecule has 0 radical (unpaired) electrons. The van der Waals surface area contributed by atoms with E-state index in [9.17, 15) is 9.59 Å². The molecular weight excluding hydrogens is 308 g/mol. The minimum Gasteiger partial charge on any atom is -0.493 e. The zero-order valence-electron chi connectivity index (χ0n) is 14.2. The number of para-hydroxylation sites is 1. The molecule has 1 fully saturated rings. The third-order valence-corrected chi connectivity index (χ3v) is 3.74. The van der Waals surface area contributed by atoms with Crippen LogP contribution in [0.15, 0.2) is 30.3 Å². The van der Waals surface area contributed by atoms with E-state index in [1.807, 2.05) is 31.2 Å². The van der Waals surface area contributed by atoms with Crippen LogP contribution in [-0.4, -0.2) is 61.2 Å². The van der Waals surface area contributed by atoms with Crippen molar-refractivity contribution in [2.24, 2.45) is 0 Å². The molecule has 0 aliphatic carbocycles. The average molecular weight is 332 g/mol. The van der Waals surface area contributed by atoms with Crippen LogP contribution in [0.4, 0.5) is 4.79 Å². The van der Waals surface area contributed by atoms with Gasteiger partial charge in [-0.15, -0.1) is 0 Å². The van der Waals surface area contributed by atoms with Crippen LogP contribution in [0.3, 0.4) is 0 Å². The number of carbonyl (C=O) groups is 2. The molecule has 0 N–H and O–H groups in total. The Labute approximate surface area is 142 Å². The first-order valence-electron chi connectivity index (χ1n) is 8.26. The number of amides is 2. The highest BCUT2D eigenvalue weighted by molar-refractivity contribution is 5.92. The number of benzene rings is 1. The van der Waals surface area contributed by atoms with Crippen molar-refractivity contribution in [1.82, 2.24) is 9.80 Å². The SMILES string of the molecule is CCOC(=O)N1CCN(C(=O)/C=C/c2ccccc2OCC)CC1. The molecule has 24 heavy (non-hydrogen) atoms. The van der Waals surface area contributed by atoms with Crippen molar-refractivity contribution in [3.8, 4) is 5.75 Å². The molecule has 1 aliphatic heterocycles. The molecule has 0 unspecified atom stereocenters. The largest absolute Gasteiger partial charge is 0.493 e. The molecule has 2 amide bonds. The van der Waals surface area contributed by atoms with E-state index in [1.165, 1.54) is 0 Å². The zero-order chi connectivity index (χ0) is 17.4. The van der Waals surface area contributed by atoms with Gasteiger partial charge in [0, 0.05) is 37.8 Å². The van der Waals surface area contributed by atoms with Crippen LogP contribution in [0.2, 0.25) is 0 Å². The lowest BCUT2D eigenvalue weighted by atomic mass is 10.2. The molecule has 1 aliphatic rings. The molecule has 6 nitrogen and oxygen atoms in total. The summed E-state index contributed by atoms with van der Waals surface area (Å²) < 4.78 is 10.5. The van der Waals surface area contributed by atoms with Crippen molar-refractivity contribution in [2.45, 2.75) is 13.8 Å². The maximum atomic E-state index is 12.3. The van der Waals surface area contributed by atoms with Gasteiger partial charge >= 0.3 is 6.09 Å². The molecular formula is C18H24N2O4. The Morgan fingerprint density at radius 1 is 1.04 bits per heavy atom. The number of hydrogen-bond donors (Lipinski definition) is 0. The summed E-state index contributed by atoms with van der Waals surface area (Å²) in [5.74, 6) is 0.695. The third-order valence-electron chi connectivity index (χ3n) is 3.74. The van der Waals surface area contributed by atoms with Gasteiger partial charge in [-0.2, -0.15) is 0 Å². The van der Waals surface area contributed by atoms with E-state index in [4.69, 9.17) is 9.47 Å². The predicted octanol–water partition coefficient (Wildman–Crippen LogP) is 2.40. The molecule has 0 aromatic heterocycles. The Balaban J connectivity index is 1.91. The van der Waals surface area contributed by atoms with Gasteiger partial charge in [-0.1, -0.05) is 18.2 Å². The summed E-state index contributed by atoms with van der Waals surface area (Å²) in [6.45, 7) is 6.65. The number of nitrogens with zero attached hydrogens (tertiary/aromatic N) is 2. The van der Waals surface area contributed by atoms with E-state index in [2.05, 4.69) is 0 Å². The second kappa shape index (κ2) is 8.96. The molecule has 1 aromatic carbocycles. The van der Waals surface area contributed by atoms with Crippen molar-refractivity contribution in [3.05, 3.63) is 35.9 Å². The highest BCUT2D eigenvalue weighted by atomic mass is 16.6. The van der Waals surface area contributed by atoms with Crippen LogP contribution in [0.5, 0.6) is 5.75 Å². The lowest BCUT2D eigenvalue weighted by Crippen LogP contribution is -2.50. The lowest BCUT2D eigenvalue weighted by molar-refractivity contribution is -0.127. The van der Waals surface area contributed by atoms with E-state index < -0.39 is 0 Å². The van der Waals surface area contributed by atoms with Gasteiger partial charge in [-0.3, -0.25) is 4.79 Å². The molecule has 2 rings (SSSR count). The summed E-state index contributed by atoms with van der Waals surface area (Å²) in [5.41, 5.74) is 0.873. The molecule has 1 saturated heterocycles. The summed E-state index contributed by atoms with van der Waals surface area (Å²) in [6.07, 6.45) is 3.01. The van der Waals surface area contributed by atoms with Crippen molar-refractivity contribution in [1.29, 1.82) is 0 Å². The van der Waals surface area contributed by atoms with Crippen molar-refractivity contribution >= 4 is 18.1 Å². The quantitative estimate of drug-likeness (QED) is 0.777. The van der Waals surface area contributed by atoms with E-state index in [-0.39, 0.29) is 12.0 Å². The van der Waals surface area contributed by atoms with Gasteiger partial charge in [-0.05, 0) is 26.0 Å². The number of piperazine rings is 1. The Morgan fingerprint density at radius 3 is 2.38 bits per heavy atom. The summed E-state index contributed by atoms with van der Waals surface area (Å²) in [5, 5.41) is 0. The predicted molar refractivity (Wildman–Crippen MR) is 91.8 cm³/mol. The van der Waals surface area contributed by atoms with E-state index in [0.717, 1.165) is 11.3 Å². The number of carbonyl (C=O) groups excluding carboxylic acids is 2. The first-order valence-corrected chi connectivity index (χ1v) is 8.26. The van der Waals surface area contributed by atoms with Crippen LogP contribution in [0.1, 0.15) is 19.4 Å². The monoisotopic (exact) mass is 332 g/mol. The average Bonchev–Trinajstić information content (AvgIpc) is 2.61. The molecule has 0 bridgehead atoms. The normalized spacial score (nSPS) is 14.8. The van der Waals surface area contributed by atoms with Crippen molar-refractivity contribution in [3.63, 3.8) is 0 Å². The molecule has 6 heteroatoms. The summed E-state index contributed by atoms with van der Waals surface area (Å²) in [7, 11) is 0. The summed E-state index contributed by atoms with van der Waals surface area (Å²) in [6, 6.07) is 7.60. The summed E-state index contributed by atoms with van der Waals surface area (Å²) >= 11 is 0. The lowest BCUT2D eigenvalue weighted by Gasteiger charge is -2.33. The fourth-order valence-corrected chi connectivity index (χ4v) is 2.50. The Hall–Kier alpha value is -2.50. The van der Waals surface area contributed by atoms with Gasteiger partial charge in [0.2, 0.25) is 5.91 Å². The highest BCUT2D eigenvalue weighted by Gasteiger charge is 2.23. The molecule has 1 heterocycles. The fourth-order valence-electron chi connectivity index (χ4n) is 2.50. The van der Waals surface area contributed by atoms with Crippen molar-refractivity contribution < 1.29 is 19.1 Å². The maximum absolute atomic E-state index is 12.3. The Morgan fingerprint density at radius 2 is 1.71 bits per heavy atom. The standard InChI is InChI=1S/C18H24N2O4/c1-3-23-16-8-6-5-7-15(16)9-10-17(21)19-11-13-20(14-12-19)18(22)24-4-2/h5-10H,3-4,11-14H2,1-2H3/b10-9+. The molecule has 130 valence electrons. The fraction of sp³-hybridized carbons (Fsp3) is 0.444. The van der Waals surface area contributed by atoms with Crippen LogP contribution in [-0.2, 0) is 9.53 Å². The van der Waals surface area contributed by atoms with Gasteiger partial charge in [-0.25, -0.2) is 4.79 Å². The van der Waals surface area contributed by atoms with Gasteiger partial charge in [0.05, 0.1) is 13.2 Å². The first kappa shape index (κ1) is 17.8. The van der Waals surface area contributed by atoms with Crippen molar-refractivity contribution in [2.75, 3.05) is 39.4 Å². The van der Waals surface area contributed by atoms with Gasteiger partial charge in [0.1, 0.15) is 5.75 Å². The minimum absolute atomic E-state index is 0.0650. The summed E-state index contributed by atoms with van der Waals surface area (Å²) in [4.78, 5) is 27.3. The second-order valence-corrected chi connectivity index (χ2v) is 5.32. The third kappa shape index (κ3) is 4.75. The Bertz CT molecular complexity index is 592. The van der Waals surface area contributed by atoms with E-state index >= 15 is 0 Å². The Kier molecular flexibility index (Phi) is 6.66. The molecule has 0 spiro atoms. The topological polar surface area (TPSA) is 59.1 Å². The minimum atomic E-state index is -0.314. The van der Waals surface area contributed by atoms with Gasteiger partial charge in [0.25, 0.3) is 0 Å². The van der Waals surface area contributed by atoms with Gasteiger partial charge < -0.3 is 19.3 Å². The molecule has 0 atom stereocenters. The van der Waals surface area contributed by atoms with Crippen LogP contribution < -0.4 is 4.74 Å².